The van der Waals surface area contributed by atoms with Crippen molar-refractivity contribution in [3.8, 4) is 11.4 Å². The van der Waals surface area contributed by atoms with Crippen LogP contribution in [0, 0.1) is 12.3 Å². The molecule has 164 valence electrons. The Morgan fingerprint density at radius 3 is 2.55 bits per heavy atom. The van der Waals surface area contributed by atoms with Crippen LogP contribution in [0.25, 0.3) is 11.8 Å². The van der Waals surface area contributed by atoms with Crippen LogP contribution in [0.1, 0.15) is 11.3 Å². The second-order valence-corrected chi connectivity index (χ2v) is 8.55. The standard InChI is InChI=1S/C23H17ClN6O2S/c1-14-17(20(24)29(27-14)15-8-4-2-5-9-15)12-18-21(25)30-23(26-22(18)31)33-19(28-30)13-32-16-10-6-3-7-11-16/h2-12,25H,13H2,1H3/b18-12-,25-21?. The second-order valence-electron chi connectivity index (χ2n) is 7.15. The molecule has 0 saturated carbocycles. The molecule has 0 saturated heterocycles. The lowest BCUT2D eigenvalue weighted by Gasteiger charge is -2.20. The van der Waals surface area contributed by atoms with Crippen molar-refractivity contribution in [1.82, 2.24) is 14.8 Å². The molecule has 10 heteroatoms. The Labute approximate surface area is 198 Å². The van der Waals surface area contributed by atoms with E-state index in [1.165, 1.54) is 16.8 Å². The molecule has 8 nitrogen and oxygen atoms in total. The number of hydrogen-bond donors (Lipinski definition) is 1. The van der Waals surface area contributed by atoms with Crippen molar-refractivity contribution in [1.29, 1.82) is 5.41 Å². The lowest BCUT2D eigenvalue weighted by atomic mass is 10.1. The van der Waals surface area contributed by atoms with Gasteiger partial charge in [0.2, 0.25) is 5.17 Å². The van der Waals surface area contributed by atoms with Crippen LogP contribution in [0.2, 0.25) is 5.15 Å². The molecule has 0 aliphatic carbocycles. The number of rotatable bonds is 5. The molecule has 2 aliphatic heterocycles. The predicted octanol–water partition coefficient (Wildman–Crippen LogP) is 4.53. The molecule has 0 spiro atoms. The fourth-order valence-corrected chi connectivity index (χ4v) is 4.44. The van der Waals surface area contributed by atoms with Crippen molar-refractivity contribution in [2.24, 2.45) is 10.1 Å². The van der Waals surface area contributed by atoms with E-state index >= 15 is 0 Å². The number of aliphatic imine (C=N–C) groups is 1. The van der Waals surface area contributed by atoms with Gasteiger partial charge in [0.15, 0.2) is 5.84 Å². The number of ether oxygens (including phenoxy) is 1. The van der Waals surface area contributed by atoms with Gasteiger partial charge in [-0.25, -0.2) is 4.68 Å². The summed E-state index contributed by atoms with van der Waals surface area (Å²) in [6, 6.07) is 18.8. The van der Waals surface area contributed by atoms with E-state index in [-0.39, 0.29) is 18.0 Å². The van der Waals surface area contributed by atoms with Crippen LogP contribution in [-0.2, 0) is 4.79 Å². The molecule has 0 atom stereocenters. The zero-order valence-electron chi connectivity index (χ0n) is 17.4. The maximum absolute atomic E-state index is 12.7. The second kappa shape index (κ2) is 8.68. The highest BCUT2D eigenvalue weighted by molar-refractivity contribution is 8.27. The predicted molar refractivity (Wildman–Crippen MR) is 130 cm³/mol. The van der Waals surface area contributed by atoms with Crippen molar-refractivity contribution in [3.05, 3.63) is 82.6 Å². The summed E-state index contributed by atoms with van der Waals surface area (Å²) in [6.45, 7) is 2.01. The summed E-state index contributed by atoms with van der Waals surface area (Å²) in [5, 5.41) is 20.1. The first-order chi connectivity index (χ1) is 16.0. The number of amides is 1. The third-order valence-corrected chi connectivity index (χ3v) is 6.18. The largest absolute Gasteiger partial charge is 0.487 e. The lowest BCUT2D eigenvalue weighted by Crippen LogP contribution is -2.35. The van der Waals surface area contributed by atoms with Gasteiger partial charge in [0.1, 0.15) is 22.6 Å². The molecule has 1 N–H and O–H groups in total. The molecule has 0 fully saturated rings. The molecule has 3 heterocycles. The van der Waals surface area contributed by atoms with Gasteiger partial charge in [0, 0.05) is 5.56 Å². The van der Waals surface area contributed by atoms with E-state index < -0.39 is 5.91 Å². The minimum Gasteiger partial charge on any atom is -0.487 e. The molecule has 1 aromatic heterocycles. The van der Waals surface area contributed by atoms with Gasteiger partial charge in [0.25, 0.3) is 5.91 Å². The monoisotopic (exact) mass is 476 g/mol. The lowest BCUT2D eigenvalue weighted by molar-refractivity contribution is -0.114. The fourth-order valence-electron chi connectivity index (χ4n) is 3.31. The molecule has 5 rings (SSSR count). The minimum atomic E-state index is -0.526. The van der Waals surface area contributed by atoms with Gasteiger partial charge in [-0.3, -0.25) is 10.2 Å². The molecule has 0 bridgehead atoms. The number of fused-ring (bicyclic) bond motifs is 1. The van der Waals surface area contributed by atoms with E-state index in [9.17, 15) is 4.79 Å². The molecule has 3 aromatic rings. The number of hydrogen-bond acceptors (Lipinski definition) is 6. The Morgan fingerprint density at radius 1 is 1.12 bits per heavy atom. The summed E-state index contributed by atoms with van der Waals surface area (Å²) >= 11 is 7.80. The molecule has 2 aromatic carbocycles. The topological polar surface area (TPSA) is 95.9 Å². The highest BCUT2D eigenvalue weighted by Gasteiger charge is 2.36. The van der Waals surface area contributed by atoms with Crippen LogP contribution in [0.5, 0.6) is 5.75 Å². The Morgan fingerprint density at radius 2 is 1.82 bits per heavy atom. The first-order valence-corrected chi connectivity index (χ1v) is 11.2. The first kappa shape index (κ1) is 21.2. The maximum Gasteiger partial charge on any atom is 0.283 e. The number of carbonyl (C=O) groups excluding carboxylic acids is 1. The van der Waals surface area contributed by atoms with Crippen molar-refractivity contribution in [2.45, 2.75) is 6.92 Å². The molecular formula is C23H17ClN6O2S. The van der Waals surface area contributed by atoms with Crippen molar-refractivity contribution in [3.63, 3.8) is 0 Å². The first-order valence-electron chi connectivity index (χ1n) is 9.99. The van der Waals surface area contributed by atoms with Gasteiger partial charge in [-0.2, -0.15) is 20.2 Å². The van der Waals surface area contributed by atoms with E-state index in [1.807, 2.05) is 60.7 Å². The number of para-hydroxylation sites is 2. The summed E-state index contributed by atoms with van der Waals surface area (Å²) < 4.78 is 7.32. The van der Waals surface area contributed by atoms with Crippen LogP contribution in [0.15, 0.2) is 76.3 Å². The average Bonchev–Trinajstić information content (AvgIpc) is 3.37. The average molecular weight is 477 g/mol. The van der Waals surface area contributed by atoms with Gasteiger partial charge in [-0.05, 0) is 49.0 Å². The Balaban J connectivity index is 1.41. The normalized spacial score (nSPS) is 16.7. The van der Waals surface area contributed by atoms with E-state index in [2.05, 4.69) is 15.2 Å². The van der Waals surface area contributed by atoms with Crippen LogP contribution < -0.4 is 4.74 Å². The van der Waals surface area contributed by atoms with E-state index in [4.69, 9.17) is 21.7 Å². The van der Waals surface area contributed by atoms with Crippen molar-refractivity contribution < 1.29 is 9.53 Å². The molecule has 1 amide bonds. The minimum absolute atomic E-state index is 0.0739. The van der Waals surface area contributed by atoms with E-state index in [0.29, 0.717) is 32.4 Å². The molecule has 0 radical (unpaired) electrons. The fraction of sp³-hybridized carbons (Fsp3) is 0.0870. The third-order valence-electron chi connectivity index (χ3n) is 4.94. The zero-order chi connectivity index (χ0) is 22.9. The number of aromatic nitrogens is 2. The number of nitrogens with one attached hydrogen (secondary N) is 1. The molecule has 0 unspecified atom stereocenters. The SMILES string of the molecule is Cc1nn(-c2ccccc2)c(Cl)c1/C=C1/C(=N)N2N=C(COc3ccccc3)SC2=NC1=O. The van der Waals surface area contributed by atoms with Gasteiger partial charge in [0.05, 0.1) is 17.0 Å². The van der Waals surface area contributed by atoms with Crippen LogP contribution >= 0.6 is 23.4 Å². The smallest absolute Gasteiger partial charge is 0.283 e. The van der Waals surface area contributed by atoms with Gasteiger partial charge in [-0.15, -0.1) is 0 Å². The van der Waals surface area contributed by atoms with Gasteiger partial charge >= 0.3 is 0 Å². The van der Waals surface area contributed by atoms with Crippen LogP contribution in [0.3, 0.4) is 0 Å². The van der Waals surface area contributed by atoms with E-state index in [0.717, 1.165) is 5.69 Å². The highest BCUT2D eigenvalue weighted by atomic mass is 35.5. The third kappa shape index (κ3) is 4.08. The Hall–Kier alpha value is -3.69. The summed E-state index contributed by atoms with van der Waals surface area (Å²) in [6.07, 6.45) is 1.55. The summed E-state index contributed by atoms with van der Waals surface area (Å²) in [4.78, 5) is 16.9. The highest BCUT2D eigenvalue weighted by Crippen LogP contribution is 2.31. The van der Waals surface area contributed by atoms with Gasteiger partial charge < -0.3 is 4.74 Å². The molecular weight excluding hydrogens is 460 g/mol. The molecule has 33 heavy (non-hydrogen) atoms. The summed E-state index contributed by atoms with van der Waals surface area (Å²) in [5.74, 6) is 0.108. The van der Waals surface area contributed by atoms with Crippen LogP contribution in [0.4, 0.5) is 0 Å². The Kier molecular flexibility index (Phi) is 5.57. The number of aryl methyl sites for hydroxylation is 1. The number of hydrazone groups is 1. The van der Waals surface area contributed by atoms with Gasteiger partial charge in [-0.1, -0.05) is 48.0 Å². The Bertz CT molecular complexity index is 1350. The zero-order valence-corrected chi connectivity index (χ0v) is 19.0. The van der Waals surface area contributed by atoms with Crippen molar-refractivity contribution in [2.75, 3.05) is 6.61 Å². The number of benzene rings is 2. The number of halogens is 1. The number of carbonyl (C=O) groups is 1. The summed E-state index contributed by atoms with van der Waals surface area (Å²) in [5.41, 5.74) is 2.06. The molecule has 2 aliphatic rings. The number of nitrogens with zero attached hydrogens (tertiary/aromatic N) is 5. The van der Waals surface area contributed by atoms with Crippen molar-refractivity contribution >= 4 is 51.4 Å². The maximum atomic E-state index is 12.7. The van der Waals surface area contributed by atoms with E-state index in [1.54, 1.807) is 17.7 Å². The van der Waals surface area contributed by atoms with Crippen LogP contribution in [-0.4, -0.2) is 43.4 Å². The number of amidine groups is 2. The number of thioether (sulfide) groups is 1. The quantitative estimate of drug-likeness (QED) is 0.546. The summed E-state index contributed by atoms with van der Waals surface area (Å²) in [7, 11) is 0.